The number of carbonyl (C=O) groups excluding carboxylic acids is 1. The van der Waals surface area contributed by atoms with Crippen molar-refractivity contribution in [3.05, 3.63) is 53.1 Å². The summed E-state index contributed by atoms with van der Waals surface area (Å²) < 4.78 is 52.7. The first-order chi connectivity index (χ1) is 12.5. The summed E-state index contributed by atoms with van der Waals surface area (Å²) >= 11 is 0. The van der Waals surface area contributed by atoms with E-state index in [4.69, 9.17) is 0 Å². The number of nitrogens with zero attached hydrogens (tertiary/aromatic N) is 1. The number of carbonyl (C=O) groups is 1. The molecule has 1 aliphatic rings. The fourth-order valence-corrected chi connectivity index (χ4v) is 5.83. The molecule has 1 fully saturated rings. The van der Waals surface area contributed by atoms with Crippen LogP contribution in [0.1, 0.15) is 23.1 Å². The monoisotopic (exact) mass is 408 g/mol. The van der Waals surface area contributed by atoms with E-state index in [0.29, 0.717) is 5.69 Å². The summed E-state index contributed by atoms with van der Waals surface area (Å²) in [4.78, 5) is 11.8. The normalized spacial score (nSPS) is 16.6. The van der Waals surface area contributed by atoms with Crippen molar-refractivity contribution in [1.29, 1.82) is 0 Å². The second-order valence-corrected chi connectivity index (χ2v) is 10.2. The van der Waals surface area contributed by atoms with Gasteiger partial charge >= 0.3 is 0 Å². The number of rotatable bonds is 4. The predicted molar refractivity (Wildman–Crippen MR) is 104 cm³/mol. The highest BCUT2D eigenvalue weighted by atomic mass is 32.2. The van der Waals surface area contributed by atoms with E-state index in [0.717, 1.165) is 21.0 Å². The van der Waals surface area contributed by atoms with Crippen LogP contribution in [0.5, 0.6) is 0 Å². The van der Waals surface area contributed by atoms with Crippen LogP contribution >= 0.6 is 0 Å². The van der Waals surface area contributed by atoms with Gasteiger partial charge in [-0.25, -0.2) is 21.1 Å². The summed E-state index contributed by atoms with van der Waals surface area (Å²) in [5.41, 5.74) is 3.30. The minimum atomic E-state index is -3.86. The van der Waals surface area contributed by atoms with Crippen molar-refractivity contribution in [2.75, 3.05) is 14.8 Å². The van der Waals surface area contributed by atoms with Gasteiger partial charge in [-0.3, -0.25) is 9.52 Å². The van der Waals surface area contributed by atoms with E-state index in [1.165, 1.54) is 24.3 Å². The smallest absolute Gasteiger partial charge is 0.261 e. The van der Waals surface area contributed by atoms with Gasteiger partial charge in [-0.1, -0.05) is 17.7 Å². The lowest BCUT2D eigenvalue weighted by atomic mass is 10.1. The quantitative estimate of drug-likeness (QED) is 0.838. The van der Waals surface area contributed by atoms with Gasteiger partial charge in [0.15, 0.2) is 0 Å². The molecule has 9 heteroatoms. The Balaban J connectivity index is 1.92. The molecule has 1 heterocycles. The third-order valence-electron chi connectivity index (χ3n) is 4.37. The lowest BCUT2D eigenvalue weighted by Crippen LogP contribution is -2.29. The summed E-state index contributed by atoms with van der Waals surface area (Å²) in [5.74, 6) is -0.756. The van der Waals surface area contributed by atoms with Crippen molar-refractivity contribution in [2.24, 2.45) is 0 Å². The molecule has 1 amide bonds. The Morgan fingerprint density at radius 2 is 1.56 bits per heavy atom. The second-order valence-electron chi connectivity index (χ2n) is 6.60. The molecule has 0 aliphatic carbocycles. The lowest BCUT2D eigenvalue weighted by molar-refractivity contribution is -0.116. The van der Waals surface area contributed by atoms with E-state index in [1.807, 2.05) is 32.9 Å². The number of nitrogens with one attached hydrogen (secondary N) is 1. The van der Waals surface area contributed by atoms with Crippen molar-refractivity contribution in [1.82, 2.24) is 0 Å². The van der Waals surface area contributed by atoms with E-state index >= 15 is 0 Å². The Bertz CT molecular complexity index is 1100. The molecule has 7 nitrogen and oxygen atoms in total. The Kier molecular flexibility index (Phi) is 4.77. The van der Waals surface area contributed by atoms with E-state index in [2.05, 4.69) is 4.72 Å². The van der Waals surface area contributed by atoms with Gasteiger partial charge in [0.25, 0.3) is 10.0 Å². The molecule has 0 radical (unpaired) electrons. The number of hydrogen-bond donors (Lipinski definition) is 1. The molecule has 1 saturated heterocycles. The fourth-order valence-electron chi connectivity index (χ4n) is 3.16. The van der Waals surface area contributed by atoms with Crippen LogP contribution in [-0.4, -0.2) is 28.5 Å². The molecule has 27 heavy (non-hydrogen) atoms. The molecule has 3 rings (SSSR count). The second kappa shape index (κ2) is 6.65. The molecular weight excluding hydrogens is 388 g/mol. The molecule has 0 atom stereocenters. The molecule has 144 valence electrons. The topological polar surface area (TPSA) is 101 Å². The van der Waals surface area contributed by atoms with Gasteiger partial charge in [0.2, 0.25) is 15.9 Å². The molecule has 1 aliphatic heterocycles. The minimum Gasteiger partial charge on any atom is -0.279 e. The van der Waals surface area contributed by atoms with Crippen LogP contribution in [-0.2, 0) is 24.8 Å². The van der Waals surface area contributed by atoms with E-state index < -0.39 is 26.0 Å². The summed E-state index contributed by atoms with van der Waals surface area (Å²) in [6.45, 7) is 5.58. The molecule has 2 aromatic carbocycles. The van der Waals surface area contributed by atoms with Crippen molar-refractivity contribution in [3.63, 3.8) is 0 Å². The Morgan fingerprint density at radius 1 is 1.00 bits per heavy atom. The maximum Gasteiger partial charge on any atom is 0.261 e. The predicted octanol–water partition coefficient (Wildman–Crippen LogP) is 2.48. The standard InChI is InChI=1S/C18H20N2O5S2/c1-12-10-13(2)18(14(3)11-12)19-27(24,25)16-6-4-15(5-7-16)20-17(21)8-9-26(20,22)23/h4-7,10-11,19H,8-9H2,1-3H3. The summed E-state index contributed by atoms with van der Waals surface area (Å²) in [5, 5.41) is 0. The first kappa shape index (κ1) is 19.4. The Morgan fingerprint density at radius 3 is 2.04 bits per heavy atom. The molecule has 0 aromatic heterocycles. The summed E-state index contributed by atoms with van der Waals surface area (Å²) in [6.07, 6.45) is -0.0735. The van der Waals surface area contributed by atoms with Crippen molar-refractivity contribution in [3.8, 4) is 0 Å². The first-order valence-corrected chi connectivity index (χ1v) is 11.4. The molecule has 0 bridgehead atoms. The van der Waals surface area contributed by atoms with E-state index in [9.17, 15) is 21.6 Å². The molecular formula is C18H20N2O5S2. The fraction of sp³-hybridized carbons (Fsp3) is 0.278. The van der Waals surface area contributed by atoms with Gasteiger partial charge in [-0.15, -0.1) is 0 Å². The van der Waals surface area contributed by atoms with Crippen LogP contribution < -0.4 is 9.03 Å². The van der Waals surface area contributed by atoms with Crippen LogP contribution in [0.3, 0.4) is 0 Å². The average Bonchev–Trinajstić information content (AvgIpc) is 2.84. The maximum atomic E-state index is 12.7. The SMILES string of the molecule is Cc1cc(C)c(NS(=O)(=O)c2ccc(N3C(=O)CCS3(=O)=O)cc2)c(C)c1. The first-order valence-electron chi connectivity index (χ1n) is 8.28. The zero-order valence-corrected chi connectivity index (χ0v) is 16.8. The zero-order valence-electron chi connectivity index (χ0n) is 15.2. The van der Waals surface area contributed by atoms with Crippen molar-refractivity contribution < 1.29 is 21.6 Å². The molecule has 0 saturated carbocycles. The largest absolute Gasteiger partial charge is 0.279 e. The summed E-state index contributed by atoms with van der Waals surface area (Å²) in [7, 11) is -7.54. The van der Waals surface area contributed by atoms with Crippen molar-refractivity contribution in [2.45, 2.75) is 32.1 Å². The number of sulfonamides is 2. The number of amides is 1. The summed E-state index contributed by atoms with van der Waals surface area (Å²) in [6, 6.07) is 9.00. The number of anilines is 2. The Hall–Kier alpha value is -2.39. The minimum absolute atomic E-state index is 0.0188. The Labute approximate surface area is 159 Å². The third kappa shape index (κ3) is 3.70. The lowest BCUT2D eigenvalue weighted by Gasteiger charge is -2.16. The average molecular weight is 409 g/mol. The van der Waals surface area contributed by atoms with Gasteiger partial charge in [-0.05, 0) is 56.2 Å². The zero-order chi connectivity index (χ0) is 20.0. The van der Waals surface area contributed by atoms with Gasteiger partial charge in [0, 0.05) is 6.42 Å². The van der Waals surface area contributed by atoms with Gasteiger partial charge in [0.05, 0.1) is 22.0 Å². The highest BCUT2D eigenvalue weighted by Crippen LogP contribution is 2.28. The van der Waals surface area contributed by atoms with Gasteiger partial charge in [0.1, 0.15) is 0 Å². The van der Waals surface area contributed by atoms with Crippen LogP contribution in [0.4, 0.5) is 11.4 Å². The van der Waals surface area contributed by atoms with Gasteiger partial charge in [-0.2, -0.15) is 0 Å². The molecule has 0 unspecified atom stereocenters. The molecule has 0 spiro atoms. The van der Waals surface area contributed by atoms with Crippen LogP contribution in [0, 0.1) is 20.8 Å². The highest BCUT2D eigenvalue weighted by molar-refractivity contribution is 7.94. The number of benzene rings is 2. The van der Waals surface area contributed by atoms with Crippen molar-refractivity contribution >= 4 is 37.3 Å². The maximum absolute atomic E-state index is 12.7. The van der Waals surface area contributed by atoms with E-state index in [-0.39, 0.29) is 22.8 Å². The molecule has 2 aromatic rings. The van der Waals surface area contributed by atoms with Gasteiger partial charge < -0.3 is 0 Å². The van der Waals surface area contributed by atoms with Crippen LogP contribution in [0.15, 0.2) is 41.3 Å². The van der Waals surface area contributed by atoms with Crippen LogP contribution in [0.25, 0.3) is 0 Å². The van der Waals surface area contributed by atoms with E-state index in [1.54, 1.807) is 0 Å². The number of hydrogen-bond acceptors (Lipinski definition) is 5. The highest BCUT2D eigenvalue weighted by Gasteiger charge is 2.36. The third-order valence-corrected chi connectivity index (χ3v) is 7.43. The number of aryl methyl sites for hydroxylation is 3. The molecule has 1 N–H and O–H groups in total. The van der Waals surface area contributed by atoms with Crippen LogP contribution in [0.2, 0.25) is 0 Å².